The zero-order valence-corrected chi connectivity index (χ0v) is 23.7. The standard InChI is InChI=1S/C30H24N4O5S2/c1-18-3-5-19(6-4-18)24-15-26(20-7-11-22(39-2)12-8-20)33-29(25(24)17-31)40-27-16-28(35)34(30(27)36)21-9-13-23(14-10-21)41(32,37)38/h3-15,27H,16H2,1-2H3,(H2,32,37,38). The number of amides is 2. The Morgan fingerprint density at radius 1 is 1.00 bits per heavy atom. The van der Waals surface area contributed by atoms with Crippen LogP contribution in [0.4, 0.5) is 5.69 Å². The molecule has 206 valence electrons. The Morgan fingerprint density at radius 2 is 1.63 bits per heavy atom. The van der Waals surface area contributed by atoms with E-state index in [0.29, 0.717) is 27.6 Å². The van der Waals surface area contributed by atoms with Gasteiger partial charge in [-0.3, -0.25) is 9.59 Å². The summed E-state index contributed by atoms with van der Waals surface area (Å²) in [6, 6.07) is 24.4. The van der Waals surface area contributed by atoms with E-state index in [2.05, 4.69) is 6.07 Å². The lowest BCUT2D eigenvalue weighted by atomic mass is 9.98. The Bertz CT molecular complexity index is 1800. The highest BCUT2D eigenvalue weighted by atomic mass is 32.2. The molecule has 1 aromatic heterocycles. The number of nitrogens with zero attached hydrogens (tertiary/aromatic N) is 3. The monoisotopic (exact) mass is 584 g/mol. The molecule has 0 bridgehead atoms. The van der Waals surface area contributed by atoms with Gasteiger partial charge in [0.1, 0.15) is 16.8 Å². The lowest BCUT2D eigenvalue weighted by Crippen LogP contribution is -2.31. The zero-order valence-electron chi connectivity index (χ0n) is 22.1. The van der Waals surface area contributed by atoms with Crippen molar-refractivity contribution in [3.8, 4) is 34.2 Å². The number of benzene rings is 3. The van der Waals surface area contributed by atoms with Crippen molar-refractivity contribution >= 4 is 39.3 Å². The summed E-state index contributed by atoms with van der Waals surface area (Å²) in [6.45, 7) is 1.97. The molecule has 9 nitrogen and oxygen atoms in total. The quantitative estimate of drug-likeness (QED) is 0.309. The normalized spacial score (nSPS) is 15.2. The van der Waals surface area contributed by atoms with Crippen molar-refractivity contribution in [2.24, 2.45) is 5.14 Å². The third kappa shape index (κ3) is 5.71. The molecule has 0 saturated carbocycles. The highest BCUT2D eigenvalue weighted by Crippen LogP contribution is 2.39. The predicted molar refractivity (Wildman–Crippen MR) is 156 cm³/mol. The van der Waals surface area contributed by atoms with E-state index >= 15 is 0 Å². The molecule has 3 aromatic carbocycles. The van der Waals surface area contributed by atoms with E-state index in [1.54, 1.807) is 7.11 Å². The molecule has 0 spiro atoms. The van der Waals surface area contributed by atoms with E-state index in [4.69, 9.17) is 14.9 Å². The number of sulfonamides is 1. The molecule has 11 heteroatoms. The second-order valence-electron chi connectivity index (χ2n) is 9.36. The fourth-order valence-electron chi connectivity index (χ4n) is 4.47. The van der Waals surface area contributed by atoms with Gasteiger partial charge in [-0.25, -0.2) is 23.4 Å². The van der Waals surface area contributed by atoms with E-state index in [9.17, 15) is 23.3 Å². The summed E-state index contributed by atoms with van der Waals surface area (Å²) in [7, 11) is -2.35. The number of aryl methyl sites for hydroxylation is 1. The van der Waals surface area contributed by atoms with Gasteiger partial charge in [-0.05, 0) is 67.1 Å². The molecule has 1 saturated heterocycles. The summed E-state index contributed by atoms with van der Waals surface area (Å²) in [4.78, 5) is 32.0. The molecule has 0 radical (unpaired) electrons. The average molecular weight is 585 g/mol. The summed E-state index contributed by atoms with van der Waals surface area (Å²) in [5.74, 6) is -0.247. The number of hydrogen-bond acceptors (Lipinski definition) is 8. The van der Waals surface area contributed by atoms with E-state index in [1.807, 2.05) is 61.5 Å². The molecule has 1 fully saturated rings. The fraction of sp³-hybridized carbons (Fsp3) is 0.133. The molecular weight excluding hydrogens is 560 g/mol. The third-order valence-corrected chi connectivity index (χ3v) is 8.73. The van der Waals surface area contributed by atoms with Crippen molar-refractivity contribution in [1.82, 2.24) is 4.98 Å². The molecule has 5 rings (SSSR count). The van der Waals surface area contributed by atoms with E-state index in [0.717, 1.165) is 33.4 Å². The summed E-state index contributed by atoms with van der Waals surface area (Å²) in [5.41, 5.74) is 4.45. The Hall–Kier alpha value is -4.50. The van der Waals surface area contributed by atoms with Crippen molar-refractivity contribution in [1.29, 1.82) is 5.26 Å². The summed E-state index contributed by atoms with van der Waals surface area (Å²) in [5, 5.41) is 14.9. The first-order chi connectivity index (χ1) is 19.6. The highest BCUT2D eigenvalue weighted by molar-refractivity contribution is 8.00. The third-order valence-electron chi connectivity index (χ3n) is 6.63. The number of rotatable bonds is 7. The van der Waals surface area contributed by atoms with Crippen LogP contribution in [0.5, 0.6) is 5.75 Å². The number of nitrogens with two attached hydrogens (primary N) is 1. The van der Waals surface area contributed by atoms with Gasteiger partial charge in [-0.15, -0.1) is 0 Å². The van der Waals surface area contributed by atoms with Crippen molar-refractivity contribution in [3.05, 3.63) is 90.0 Å². The minimum absolute atomic E-state index is 0.111. The van der Waals surface area contributed by atoms with Crippen LogP contribution in [0.2, 0.25) is 0 Å². The van der Waals surface area contributed by atoms with Gasteiger partial charge in [-0.2, -0.15) is 5.26 Å². The van der Waals surface area contributed by atoms with Crippen molar-refractivity contribution in [2.75, 3.05) is 12.0 Å². The maximum absolute atomic E-state index is 13.4. The number of imide groups is 1. The number of methoxy groups -OCH3 is 1. The average Bonchev–Trinajstić information content (AvgIpc) is 3.24. The first-order valence-corrected chi connectivity index (χ1v) is 14.8. The van der Waals surface area contributed by atoms with Gasteiger partial charge in [0.2, 0.25) is 21.8 Å². The number of carbonyl (C=O) groups excluding carboxylic acids is 2. The Morgan fingerprint density at radius 3 is 2.22 bits per heavy atom. The van der Waals surface area contributed by atoms with Gasteiger partial charge < -0.3 is 4.74 Å². The highest BCUT2D eigenvalue weighted by Gasteiger charge is 2.41. The number of aromatic nitrogens is 1. The van der Waals surface area contributed by atoms with Gasteiger partial charge in [0.05, 0.1) is 34.2 Å². The topological polar surface area (TPSA) is 143 Å². The Labute approximate surface area is 241 Å². The summed E-state index contributed by atoms with van der Waals surface area (Å²) >= 11 is 1.06. The first kappa shape index (κ1) is 28.0. The van der Waals surface area contributed by atoms with Gasteiger partial charge in [0, 0.05) is 17.5 Å². The Balaban J connectivity index is 1.54. The number of primary sulfonamides is 1. The number of pyridine rings is 1. The minimum atomic E-state index is -3.93. The van der Waals surface area contributed by atoms with Crippen molar-refractivity contribution < 1.29 is 22.7 Å². The van der Waals surface area contributed by atoms with Crippen LogP contribution in [0.15, 0.2) is 88.8 Å². The van der Waals surface area contributed by atoms with Crippen LogP contribution in [0.3, 0.4) is 0 Å². The molecule has 2 amide bonds. The molecular formula is C30H24N4O5S2. The minimum Gasteiger partial charge on any atom is -0.497 e. The molecule has 1 unspecified atom stereocenters. The number of thioether (sulfide) groups is 1. The summed E-state index contributed by atoms with van der Waals surface area (Å²) < 4.78 is 28.5. The fourth-order valence-corrected chi connectivity index (χ4v) is 6.11. The molecule has 4 aromatic rings. The van der Waals surface area contributed by atoms with Crippen LogP contribution in [-0.2, 0) is 19.6 Å². The molecule has 1 aliphatic rings. The first-order valence-electron chi connectivity index (χ1n) is 12.4. The second-order valence-corrected chi connectivity index (χ2v) is 12.1. The maximum Gasteiger partial charge on any atom is 0.247 e. The van der Waals surface area contributed by atoms with Crippen LogP contribution in [0.25, 0.3) is 22.4 Å². The van der Waals surface area contributed by atoms with Gasteiger partial charge in [0.25, 0.3) is 0 Å². The lowest BCUT2D eigenvalue weighted by molar-refractivity contribution is -0.121. The van der Waals surface area contributed by atoms with Crippen molar-refractivity contribution in [2.45, 2.75) is 28.5 Å². The number of hydrogen-bond donors (Lipinski definition) is 1. The van der Waals surface area contributed by atoms with E-state index < -0.39 is 27.1 Å². The number of nitriles is 1. The molecule has 1 aliphatic heterocycles. The van der Waals surface area contributed by atoms with Crippen LogP contribution in [-0.4, -0.2) is 37.6 Å². The molecule has 0 aliphatic carbocycles. The predicted octanol–water partition coefficient (Wildman–Crippen LogP) is 4.68. The lowest BCUT2D eigenvalue weighted by Gasteiger charge is -2.16. The molecule has 2 heterocycles. The van der Waals surface area contributed by atoms with Gasteiger partial charge in [-0.1, -0.05) is 41.6 Å². The van der Waals surface area contributed by atoms with Crippen LogP contribution in [0.1, 0.15) is 17.5 Å². The largest absolute Gasteiger partial charge is 0.497 e. The van der Waals surface area contributed by atoms with Gasteiger partial charge >= 0.3 is 0 Å². The van der Waals surface area contributed by atoms with Crippen LogP contribution < -0.4 is 14.8 Å². The SMILES string of the molecule is COc1ccc(-c2cc(-c3ccc(C)cc3)c(C#N)c(SC3CC(=O)N(c4ccc(S(N)(=O)=O)cc4)C3=O)n2)cc1. The van der Waals surface area contributed by atoms with E-state index in [-0.39, 0.29) is 17.0 Å². The van der Waals surface area contributed by atoms with Crippen molar-refractivity contribution in [3.63, 3.8) is 0 Å². The number of ether oxygens (including phenoxy) is 1. The molecule has 2 N–H and O–H groups in total. The van der Waals surface area contributed by atoms with Gasteiger partial charge in [0.15, 0.2) is 0 Å². The number of carbonyl (C=O) groups is 2. The smallest absolute Gasteiger partial charge is 0.247 e. The Kier molecular flexibility index (Phi) is 7.64. The zero-order chi connectivity index (χ0) is 29.3. The van der Waals surface area contributed by atoms with Crippen LogP contribution in [0, 0.1) is 18.3 Å². The molecule has 1 atom stereocenters. The van der Waals surface area contributed by atoms with E-state index in [1.165, 1.54) is 24.3 Å². The van der Waals surface area contributed by atoms with Crippen LogP contribution >= 0.6 is 11.8 Å². The number of anilines is 1. The maximum atomic E-state index is 13.4. The molecule has 41 heavy (non-hydrogen) atoms. The second kappa shape index (κ2) is 11.2. The summed E-state index contributed by atoms with van der Waals surface area (Å²) in [6.07, 6.45) is -0.111.